The van der Waals surface area contributed by atoms with Crippen LogP contribution in [0.25, 0.3) is 0 Å². The number of allylic oxidation sites excluding steroid dienone is 1. The SMILES string of the molecule is C=C(N)C1(CC)CCN(C(C)C)CC1. The van der Waals surface area contributed by atoms with Crippen LogP contribution < -0.4 is 5.73 Å². The van der Waals surface area contributed by atoms with Gasteiger partial charge in [-0.25, -0.2) is 0 Å². The van der Waals surface area contributed by atoms with Crippen LogP contribution in [0.1, 0.15) is 40.0 Å². The van der Waals surface area contributed by atoms with Crippen LogP contribution in [0.4, 0.5) is 0 Å². The lowest BCUT2D eigenvalue weighted by Gasteiger charge is -2.43. The van der Waals surface area contributed by atoms with Crippen molar-refractivity contribution < 1.29 is 0 Å². The molecular weight excluding hydrogens is 172 g/mol. The standard InChI is InChI=1S/C12H24N2/c1-5-12(11(4)13)6-8-14(9-7-12)10(2)3/h10H,4-9,13H2,1-3H3. The van der Waals surface area contributed by atoms with Gasteiger partial charge < -0.3 is 10.6 Å². The van der Waals surface area contributed by atoms with E-state index in [0.29, 0.717) is 6.04 Å². The third kappa shape index (κ3) is 2.11. The second kappa shape index (κ2) is 4.35. The van der Waals surface area contributed by atoms with Gasteiger partial charge in [-0.2, -0.15) is 0 Å². The van der Waals surface area contributed by atoms with Crippen molar-refractivity contribution in [2.75, 3.05) is 13.1 Å². The maximum absolute atomic E-state index is 5.92. The smallest absolute Gasteiger partial charge is 0.0114 e. The summed E-state index contributed by atoms with van der Waals surface area (Å²) in [5, 5.41) is 0. The van der Waals surface area contributed by atoms with E-state index in [4.69, 9.17) is 5.73 Å². The van der Waals surface area contributed by atoms with Gasteiger partial charge >= 0.3 is 0 Å². The molecule has 14 heavy (non-hydrogen) atoms. The Hall–Kier alpha value is -0.500. The molecule has 0 atom stereocenters. The summed E-state index contributed by atoms with van der Waals surface area (Å²) in [4.78, 5) is 2.52. The van der Waals surface area contributed by atoms with Crippen molar-refractivity contribution in [3.63, 3.8) is 0 Å². The predicted octanol–water partition coefficient (Wildman–Crippen LogP) is 2.36. The molecule has 82 valence electrons. The molecule has 1 rings (SSSR count). The number of piperidine rings is 1. The average molecular weight is 196 g/mol. The summed E-state index contributed by atoms with van der Waals surface area (Å²) in [7, 11) is 0. The first-order valence-corrected chi connectivity index (χ1v) is 5.71. The van der Waals surface area contributed by atoms with E-state index in [9.17, 15) is 0 Å². The largest absolute Gasteiger partial charge is 0.402 e. The van der Waals surface area contributed by atoms with Gasteiger partial charge in [0.15, 0.2) is 0 Å². The summed E-state index contributed by atoms with van der Waals surface area (Å²) in [5.41, 5.74) is 7.04. The Bertz CT molecular complexity index is 200. The first-order valence-electron chi connectivity index (χ1n) is 5.71. The highest BCUT2D eigenvalue weighted by Gasteiger charge is 2.34. The summed E-state index contributed by atoms with van der Waals surface area (Å²) in [6, 6.07) is 0.663. The molecular formula is C12H24N2. The molecule has 0 aliphatic carbocycles. The molecule has 1 fully saturated rings. The van der Waals surface area contributed by atoms with Gasteiger partial charge in [0, 0.05) is 17.2 Å². The number of likely N-dealkylation sites (tertiary alicyclic amines) is 1. The van der Waals surface area contributed by atoms with Gasteiger partial charge in [-0.05, 0) is 46.2 Å². The molecule has 0 aromatic rings. The van der Waals surface area contributed by atoms with Gasteiger partial charge in [-0.15, -0.1) is 0 Å². The van der Waals surface area contributed by atoms with E-state index >= 15 is 0 Å². The lowest BCUT2D eigenvalue weighted by molar-refractivity contribution is 0.102. The zero-order chi connectivity index (χ0) is 10.8. The maximum Gasteiger partial charge on any atom is 0.0114 e. The zero-order valence-corrected chi connectivity index (χ0v) is 9.84. The Morgan fingerprint density at radius 2 is 1.93 bits per heavy atom. The van der Waals surface area contributed by atoms with E-state index in [1.807, 2.05) is 0 Å². The first kappa shape index (κ1) is 11.6. The van der Waals surface area contributed by atoms with Crippen LogP contribution in [-0.2, 0) is 0 Å². The van der Waals surface area contributed by atoms with E-state index in [-0.39, 0.29) is 5.41 Å². The minimum atomic E-state index is 0.228. The van der Waals surface area contributed by atoms with Gasteiger partial charge in [0.25, 0.3) is 0 Å². The van der Waals surface area contributed by atoms with Crippen LogP contribution in [0, 0.1) is 5.41 Å². The lowest BCUT2D eigenvalue weighted by atomic mass is 9.74. The topological polar surface area (TPSA) is 29.3 Å². The van der Waals surface area contributed by atoms with Crippen molar-refractivity contribution in [3.8, 4) is 0 Å². The van der Waals surface area contributed by atoms with Crippen molar-refractivity contribution in [1.82, 2.24) is 4.90 Å². The third-order valence-electron chi connectivity index (χ3n) is 3.84. The number of nitrogens with two attached hydrogens (primary N) is 1. The minimum absolute atomic E-state index is 0.228. The van der Waals surface area contributed by atoms with Gasteiger partial charge in [-0.1, -0.05) is 13.5 Å². The van der Waals surface area contributed by atoms with Crippen molar-refractivity contribution >= 4 is 0 Å². The van der Waals surface area contributed by atoms with Crippen LogP contribution in [0.15, 0.2) is 12.3 Å². The zero-order valence-electron chi connectivity index (χ0n) is 9.84. The molecule has 1 saturated heterocycles. The molecule has 0 unspecified atom stereocenters. The van der Waals surface area contributed by atoms with E-state index in [1.165, 1.54) is 25.9 Å². The van der Waals surface area contributed by atoms with Crippen LogP contribution in [0.2, 0.25) is 0 Å². The van der Waals surface area contributed by atoms with Crippen molar-refractivity contribution in [3.05, 3.63) is 12.3 Å². The van der Waals surface area contributed by atoms with E-state index in [1.54, 1.807) is 0 Å². The highest BCUT2D eigenvalue weighted by Crippen LogP contribution is 2.39. The summed E-state index contributed by atoms with van der Waals surface area (Å²) in [6.07, 6.45) is 3.49. The van der Waals surface area contributed by atoms with Crippen LogP contribution in [0.5, 0.6) is 0 Å². The van der Waals surface area contributed by atoms with E-state index in [2.05, 4.69) is 32.3 Å². The van der Waals surface area contributed by atoms with Crippen LogP contribution >= 0.6 is 0 Å². The fraction of sp³-hybridized carbons (Fsp3) is 0.833. The molecule has 1 aliphatic rings. The van der Waals surface area contributed by atoms with Crippen molar-refractivity contribution in [2.45, 2.75) is 46.1 Å². The van der Waals surface area contributed by atoms with Crippen LogP contribution in [0.3, 0.4) is 0 Å². The molecule has 0 spiro atoms. The number of rotatable bonds is 3. The van der Waals surface area contributed by atoms with Gasteiger partial charge in [0.05, 0.1) is 0 Å². The third-order valence-corrected chi connectivity index (χ3v) is 3.84. The molecule has 0 aromatic carbocycles. The highest BCUT2D eigenvalue weighted by molar-refractivity contribution is 5.08. The Kier molecular flexibility index (Phi) is 3.59. The van der Waals surface area contributed by atoms with Crippen LogP contribution in [-0.4, -0.2) is 24.0 Å². The molecule has 2 heteroatoms. The quantitative estimate of drug-likeness (QED) is 0.751. The minimum Gasteiger partial charge on any atom is -0.402 e. The molecule has 0 saturated carbocycles. The summed E-state index contributed by atoms with van der Waals surface area (Å²) < 4.78 is 0. The molecule has 0 radical (unpaired) electrons. The van der Waals surface area contributed by atoms with Gasteiger partial charge in [0.1, 0.15) is 0 Å². The Labute approximate surface area is 88.2 Å². The average Bonchev–Trinajstić information content (AvgIpc) is 2.17. The summed E-state index contributed by atoms with van der Waals surface area (Å²) in [6.45, 7) is 13.0. The molecule has 0 bridgehead atoms. The van der Waals surface area contributed by atoms with Gasteiger partial charge in [-0.3, -0.25) is 0 Å². The summed E-state index contributed by atoms with van der Waals surface area (Å²) in [5.74, 6) is 0. The number of hydrogen-bond acceptors (Lipinski definition) is 2. The fourth-order valence-electron chi connectivity index (χ4n) is 2.37. The second-order valence-corrected chi connectivity index (χ2v) is 4.79. The monoisotopic (exact) mass is 196 g/mol. The molecule has 1 aliphatic heterocycles. The highest BCUT2D eigenvalue weighted by atomic mass is 15.2. The van der Waals surface area contributed by atoms with Gasteiger partial charge in [0.2, 0.25) is 0 Å². The molecule has 0 amide bonds. The van der Waals surface area contributed by atoms with Crippen molar-refractivity contribution in [1.29, 1.82) is 0 Å². The Balaban J connectivity index is 2.59. The number of nitrogens with zero attached hydrogens (tertiary/aromatic N) is 1. The first-order chi connectivity index (χ1) is 6.52. The van der Waals surface area contributed by atoms with E-state index in [0.717, 1.165) is 12.1 Å². The normalized spacial score (nSPS) is 22.6. The lowest BCUT2D eigenvalue weighted by Crippen LogP contribution is -2.44. The fourth-order valence-corrected chi connectivity index (χ4v) is 2.37. The summed E-state index contributed by atoms with van der Waals surface area (Å²) >= 11 is 0. The maximum atomic E-state index is 5.92. The number of hydrogen-bond donors (Lipinski definition) is 1. The predicted molar refractivity (Wildman–Crippen MR) is 62.0 cm³/mol. The Morgan fingerprint density at radius 1 is 1.43 bits per heavy atom. The van der Waals surface area contributed by atoms with E-state index < -0.39 is 0 Å². The Morgan fingerprint density at radius 3 is 2.21 bits per heavy atom. The molecule has 0 aromatic heterocycles. The molecule has 1 heterocycles. The second-order valence-electron chi connectivity index (χ2n) is 4.79. The molecule has 2 N–H and O–H groups in total. The molecule has 2 nitrogen and oxygen atoms in total. The van der Waals surface area contributed by atoms with Crippen molar-refractivity contribution in [2.24, 2.45) is 11.1 Å².